The van der Waals surface area contributed by atoms with E-state index in [0.717, 1.165) is 10.9 Å². The lowest BCUT2D eigenvalue weighted by Crippen LogP contribution is -2.45. The molecule has 1 aromatic carbocycles. The van der Waals surface area contributed by atoms with Crippen molar-refractivity contribution >= 4 is 27.8 Å². The van der Waals surface area contributed by atoms with E-state index in [1.54, 1.807) is 19.1 Å². The fourth-order valence-corrected chi connectivity index (χ4v) is 2.76. The third kappa shape index (κ3) is 4.20. The summed E-state index contributed by atoms with van der Waals surface area (Å²) in [4.78, 5) is 23.2. The normalized spacial score (nSPS) is 22.6. The number of benzene rings is 1. The van der Waals surface area contributed by atoms with Crippen molar-refractivity contribution in [2.75, 3.05) is 0 Å². The Morgan fingerprint density at radius 2 is 2.00 bits per heavy atom. The van der Waals surface area contributed by atoms with Crippen LogP contribution in [0.4, 0.5) is 0 Å². The first kappa shape index (κ1) is 15.8. The highest BCUT2D eigenvalue weighted by Crippen LogP contribution is 2.26. The number of carbonyl (C=O) groups is 2. The van der Waals surface area contributed by atoms with E-state index in [1.165, 1.54) is 0 Å². The number of carbonyl (C=O) groups excluding carboxylic acids is 1. The minimum absolute atomic E-state index is 0.281. The molecule has 21 heavy (non-hydrogen) atoms. The average molecular weight is 356 g/mol. The molecule has 3 unspecified atom stereocenters. The van der Waals surface area contributed by atoms with Crippen molar-refractivity contribution in [1.82, 2.24) is 5.32 Å². The first-order valence-electron chi connectivity index (χ1n) is 6.93. The maximum absolute atomic E-state index is 12.1. The second-order valence-electron chi connectivity index (χ2n) is 5.20. The molecule has 1 aliphatic carbocycles. The summed E-state index contributed by atoms with van der Waals surface area (Å²) in [5, 5.41) is 11.9. The Balaban J connectivity index is 1.90. The Kier molecular flexibility index (Phi) is 5.22. The highest BCUT2D eigenvalue weighted by Gasteiger charge is 2.34. The van der Waals surface area contributed by atoms with Crippen molar-refractivity contribution in [3.63, 3.8) is 0 Å². The molecule has 6 heteroatoms. The lowest BCUT2D eigenvalue weighted by Gasteiger charge is -2.21. The second-order valence-corrected chi connectivity index (χ2v) is 6.12. The van der Waals surface area contributed by atoms with Gasteiger partial charge in [-0.15, -0.1) is 0 Å². The molecule has 1 aliphatic rings. The van der Waals surface area contributed by atoms with Crippen molar-refractivity contribution in [1.29, 1.82) is 0 Å². The molecular formula is C15H18BrNO4. The standard InChI is InChI=1S/C15H18BrNO4/c1-9(21-11-7-5-10(16)6-8-11)14(18)17-13-4-2-3-12(13)15(19)20/h5-9,12-13H,2-4H2,1H3,(H,17,18)(H,19,20). The molecule has 2 rings (SSSR count). The number of carboxylic acid groups (broad SMARTS) is 1. The highest BCUT2D eigenvalue weighted by atomic mass is 79.9. The molecule has 3 atom stereocenters. The summed E-state index contributed by atoms with van der Waals surface area (Å²) >= 11 is 3.33. The van der Waals surface area contributed by atoms with Crippen LogP contribution in [0.25, 0.3) is 0 Å². The van der Waals surface area contributed by atoms with Crippen LogP contribution in [0.3, 0.4) is 0 Å². The van der Waals surface area contributed by atoms with Crippen LogP contribution in [0.15, 0.2) is 28.7 Å². The Morgan fingerprint density at radius 3 is 2.62 bits per heavy atom. The van der Waals surface area contributed by atoms with Gasteiger partial charge in [-0.2, -0.15) is 0 Å². The second kappa shape index (κ2) is 6.93. The van der Waals surface area contributed by atoms with E-state index in [0.29, 0.717) is 18.6 Å². The monoisotopic (exact) mass is 355 g/mol. The van der Waals surface area contributed by atoms with Crippen molar-refractivity contribution in [2.24, 2.45) is 5.92 Å². The Bertz CT molecular complexity index is 517. The molecule has 0 heterocycles. The van der Waals surface area contributed by atoms with Crippen LogP contribution >= 0.6 is 15.9 Å². The number of rotatable bonds is 5. The number of hydrogen-bond acceptors (Lipinski definition) is 3. The zero-order chi connectivity index (χ0) is 15.4. The van der Waals surface area contributed by atoms with Gasteiger partial charge in [0.05, 0.1) is 5.92 Å². The number of carboxylic acids is 1. The number of hydrogen-bond donors (Lipinski definition) is 2. The van der Waals surface area contributed by atoms with Gasteiger partial charge in [0, 0.05) is 10.5 Å². The summed E-state index contributed by atoms with van der Waals surface area (Å²) in [6.45, 7) is 1.65. The van der Waals surface area contributed by atoms with E-state index in [4.69, 9.17) is 9.84 Å². The molecule has 1 amide bonds. The average Bonchev–Trinajstić information content (AvgIpc) is 2.89. The Hall–Kier alpha value is -1.56. The molecule has 0 aliphatic heterocycles. The van der Waals surface area contributed by atoms with Crippen molar-refractivity contribution in [2.45, 2.75) is 38.3 Å². The lowest BCUT2D eigenvalue weighted by atomic mass is 10.0. The molecular weight excluding hydrogens is 338 g/mol. The number of ether oxygens (including phenoxy) is 1. The number of halogens is 1. The van der Waals surface area contributed by atoms with Crippen LogP contribution in [0, 0.1) is 5.92 Å². The van der Waals surface area contributed by atoms with Crippen molar-refractivity contribution < 1.29 is 19.4 Å². The molecule has 0 saturated heterocycles. The van der Waals surface area contributed by atoms with E-state index in [-0.39, 0.29) is 11.9 Å². The first-order valence-corrected chi connectivity index (χ1v) is 7.72. The predicted molar refractivity (Wildman–Crippen MR) is 81.1 cm³/mol. The minimum atomic E-state index is -0.848. The predicted octanol–water partition coefficient (Wildman–Crippen LogP) is 2.59. The number of nitrogens with one attached hydrogen (secondary N) is 1. The molecule has 0 spiro atoms. The van der Waals surface area contributed by atoms with Gasteiger partial charge in [-0.25, -0.2) is 0 Å². The molecule has 0 aromatic heterocycles. The maximum Gasteiger partial charge on any atom is 0.308 e. The summed E-state index contributed by atoms with van der Waals surface area (Å²) in [6, 6.07) is 6.90. The van der Waals surface area contributed by atoms with Gasteiger partial charge in [-0.05, 0) is 44.0 Å². The molecule has 114 valence electrons. The van der Waals surface area contributed by atoms with Gasteiger partial charge in [0.1, 0.15) is 5.75 Å². The van der Waals surface area contributed by atoms with E-state index < -0.39 is 18.0 Å². The topological polar surface area (TPSA) is 75.6 Å². The molecule has 1 saturated carbocycles. The smallest absolute Gasteiger partial charge is 0.308 e. The van der Waals surface area contributed by atoms with Crippen LogP contribution in [0.5, 0.6) is 5.75 Å². The fourth-order valence-electron chi connectivity index (χ4n) is 2.50. The Labute approximate surface area is 131 Å². The molecule has 0 radical (unpaired) electrons. The summed E-state index contributed by atoms with van der Waals surface area (Å²) < 4.78 is 6.49. The quantitative estimate of drug-likeness (QED) is 0.850. The van der Waals surface area contributed by atoms with E-state index >= 15 is 0 Å². The van der Waals surface area contributed by atoms with Crippen LogP contribution in [0.2, 0.25) is 0 Å². The van der Waals surface area contributed by atoms with Crippen LogP contribution in [0.1, 0.15) is 26.2 Å². The maximum atomic E-state index is 12.1. The molecule has 0 bridgehead atoms. The molecule has 5 nitrogen and oxygen atoms in total. The van der Waals surface area contributed by atoms with Crippen LogP contribution in [-0.4, -0.2) is 29.1 Å². The van der Waals surface area contributed by atoms with Gasteiger partial charge in [0.15, 0.2) is 6.10 Å². The van der Waals surface area contributed by atoms with Gasteiger partial charge in [-0.3, -0.25) is 9.59 Å². The summed E-state index contributed by atoms with van der Waals surface area (Å²) in [7, 11) is 0. The minimum Gasteiger partial charge on any atom is -0.481 e. The zero-order valence-electron chi connectivity index (χ0n) is 11.7. The third-order valence-electron chi connectivity index (χ3n) is 3.66. The zero-order valence-corrected chi connectivity index (χ0v) is 13.3. The van der Waals surface area contributed by atoms with Crippen LogP contribution in [-0.2, 0) is 9.59 Å². The van der Waals surface area contributed by atoms with Gasteiger partial charge in [0.25, 0.3) is 5.91 Å². The van der Waals surface area contributed by atoms with Crippen LogP contribution < -0.4 is 10.1 Å². The van der Waals surface area contributed by atoms with Gasteiger partial charge < -0.3 is 15.2 Å². The molecule has 2 N–H and O–H groups in total. The van der Waals surface area contributed by atoms with Gasteiger partial charge in [0.2, 0.25) is 0 Å². The van der Waals surface area contributed by atoms with E-state index in [2.05, 4.69) is 21.2 Å². The highest BCUT2D eigenvalue weighted by molar-refractivity contribution is 9.10. The summed E-state index contributed by atoms with van der Waals surface area (Å²) in [5.74, 6) is -1.02. The largest absolute Gasteiger partial charge is 0.481 e. The fraction of sp³-hybridized carbons (Fsp3) is 0.467. The number of aliphatic carboxylic acids is 1. The van der Waals surface area contributed by atoms with Gasteiger partial charge in [-0.1, -0.05) is 22.4 Å². The molecule has 1 aromatic rings. The SMILES string of the molecule is CC(Oc1ccc(Br)cc1)C(=O)NC1CCCC1C(=O)O. The Morgan fingerprint density at radius 1 is 1.33 bits per heavy atom. The van der Waals surface area contributed by atoms with Crippen molar-refractivity contribution in [3.05, 3.63) is 28.7 Å². The number of amides is 1. The van der Waals surface area contributed by atoms with Gasteiger partial charge >= 0.3 is 5.97 Å². The third-order valence-corrected chi connectivity index (χ3v) is 4.19. The summed E-state index contributed by atoms with van der Waals surface area (Å²) in [5.41, 5.74) is 0. The van der Waals surface area contributed by atoms with E-state index in [1.807, 2.05) is 12.1 Å². The van der Waals surface area contributed by atoms with E-state index in [9.17, 15) is 9.59 Å². The molecule has 1 fully saturated rings. The summed E-state index contributed by atoms with van der Waals surface area (Å²) in [6.07, 6.45) is 1.47. The first-order chi connectivity index (χ1) is 9.97. The van der Waals surface area contributed by atoms with Crippen molar-refractivity contribution in [3.8, 4) is 5.75 Å². The lowest BCUT2D eigenvalue weighted by molar-refractivity contribution is -0.142.